The summed E-state index contributed by atoms with van der Waals surface area (Å²) in [6.45, 7) is 0. The van der Waals surface area contributed by atoms with Gasteiger partial charge in [-0.3, -0.25) is 0 Å². The molecule has 2 aromatic carbocycles. The average molecular weight is 280 g/mol. The molecule has 0 bridgehead atoms. The number of rotatable bonds is 3. The molecule has 0 amide bonds. The van der Waals surface area contributed by atoms with Crippen LogP contribution in [0.25, 0.3) is 0 Å². The molecule has 0 saturated carbocycles. The zero-order valence-corrected chi connectivity index (χ0v) is 11.0. The molecular weight excluding hydrogens is 272 g/mol. The Kier molecular flexibility index (Phi) is 4.05. The zero-order chi connectivity index (χ0) is 14.5. The number of nitrogens with zero attached hydrogens (tertiary/aromatic N) is 2. The van der Waals surface area contributed by atoms with Crippen molar-refractivity contribution >= 4 is 17.7 Å². The number of hydrogen-bond acceptors (Lipinski definition) is 4. The Morgan fingerprint density at radius 1 is 1.00 bits per heavy atom. The van der Waals surface area contributed by atoms with E-state index in [-0.39, 0.29) is 5.56 Å². The van der Waals surface area contributed by atoms with Gasteiger partial charge in [0.25, 0.3) is 0 Å². The SMILES string of the molecule is N#Cc1ccc(Sc2cccc(C(=O)O)c2)cc1C#N. The standard InChI is InChI=1S/C15H8N2O2S/c16-8-11-4-5-14(7-12(11)9-17)20-13-3-1-2-10(6-13)15(18)19/h1-7H,(H,18,19). The third-order valence-corrected chi connectivity index (χ3v) is 3.53. The molecule has 0 spiro atoms. The van der Waals surface area contributed by atoms with Gasteiger partial charge in [0.2, 0.25) is 0 Å². The van der Waals surface area contributed by atoms with Gasteiger partial charge in [-0.25, -0.2) is 4.79 Å². The van der Waals surface area contributed by atoms with Crippen molar-refractivity contribution in [3.8, 4) is 12.1 Å². The molecular formula is C15H8N2O2S. The maximum atomic E-state index is 10.9. The molecule has 0 aliphatic carbocycles. The van der Waals surface area contributed by atoms with Crippen LogP contribution in [0.5, 0.6) is 0 Å². The van der Waals surface area contributed by atoms with Gasteiger partial charge in [-0.2, -0.15) is 10.5 Å². The molecule has 0 unspecified atom stereocenters. The lowest BCUT2D eigenvalue weighted by atomic mass is 10.1. The Balaban J connectivity index is 2.31. The highest BCUT2D eigenvalue weighted by Gasteiger charge is 2.07. The minimum Gasteiger partial charge on any atom is -0.478 e. The Hall–Kier alpha value is -2.76. The molecule has 0 aliphatic rings. The molecule has 5 heteroatoms. The highest BCUT2D eigenvalue weighted by Crippen LogP contribution is 2.29. The first kappa shape index (κ1) is 13.7. The van der Waals surface area contributed by atoms with Crippen LogP contribution in [0.1, 0.15) is 21.5 Å². The van der Waals surface area contributed by atoms with E-state index in [9.17, 15) is 4.79 Å². The topological polar surface area (TPSA) is 84.9 Å². The van der Waals surface area contributed by atoms with Crippen molar-refractivity contribution < 1.29 is 9.90 Å². The fourth-order valence-electron chi connectivity index (χ4n) is 1.61. The van der Waals surface area contributed by atoms with Gasteiger partial charge < -0.3 is 5.11 Å². The van der Waals surface area contributed by atoms with E-state index in [0.717, 1.165) is 9.79 Å². The predicted molar refractivity (Wildman–Crippen MR) is 73.4 cm³/mol. The van der Waals surface area contributed by atoms with E-state index in [1.54, 1.807) is 36.4 Å². The van der Waals surface area contributed by atoms with Gasteiger partial charge in [0.1, 0.15) is 12.1 Å². The number of carboxylic acid groups (broad SMARTS) is 1. The molecule has 0 heterocycles. The molecule has 0 radical (unpaired) electrons. The summed E-state index contributed by atoms with van der Waals surface area (Å²) in [5.41, 5.74) is 0.854. The minimum atomic E-state index is -0.981. The van der Waals surface area contributed by atoms with Crippen LogP contribution in [0.15, 0.2) is 52.3 Å². The van der Waals surface area contributed by atoms with Gasteiger partial charge in [-0.15, -0.1) is 0 Å². The Morgan fingerprint density at radius 2 is 1.70 bits per heavy atom. The molecule has 20 heavy (non-hydrogen) atoms. The van der Waals surface area contributed by atoms with Crippen LogP contribution in [-0.4, -0.2) is 11.1 Å². The van der Waals surface area contributed by atoms with Crippen LogP contribution in [0.3, 0.4) is 0 Å². The highest BCUT2D eigenvalue weighted by molar-refractivity contribution is 7.99. The third-order valence-electron chi connectivity index (χ3n) is 2.55. The van der Waals surface area contributed by atoms with Gasteiger partial charge in [-0.1, -0.05) is 17.8 Å². The summed E-state index contributed by atoms with van der Waals surface area (Å²) < 4.78 is 0. The van der Waals surface area contributed by atoms with Crippen molar-refractivity contribution in [1.29, 1.82) is 10.5 Å². The zero-order valence-electron chi connectivity index (χ0n) is 10.2. The first-order valence-electron chi connectivity index (χ1n) is 5.59. The first-order valence-corrected chi connectivity index (χ1v) is 6.41. The Labute approximate surface area is 119 Å². The summed E-state index contributed by atoms with van der Waals surface area (Å²) in [5, 5.41) is 26.8. The van der Waals surface area contributed by atoms with Gasteiger partial charge in [0, 0.05) is 9.79 Å². The molecule has 0 atom stereocenters. The van der Waals surface area contributed by atoms with E-state index < -0.39 is 5.97 Å². The van der Waals surface area contributed by atoms with Crippen LogP contribution in [0, 0.1) is 22.7 Å². The van der Waals surface area contributed by atoms with E-state index in [2.05, 4.69) is 0 Å². The summed E-state index contributed by atoms with van der Waals surface area (Å²) >= 11 is 1.34. The van der Waals surface area contributed by atoms with Crippen molar-refractivity contribution in [1.82, 2.24) is 0 Å². The van der Waals surface area contributed by atoms with Crippen LogP contribution in [0.4, 0.5) is 0 Å². The summed E-state index contributed by atoms with van der Waals surface area (Å²) in [5.74, 6) is -0.981. The lowest BCUT2D eigenvalue weighted by Gasteiger charge is -2.04. The monoisotopic (exact) mass is 280 g/mol. The van der Waals surface area contributed by atoms with E-state index in [0.29, 0.717) is 11.1 Å². The van der Waals surface area contributed by atoms with Crippen molar-refractivity contribution in [2.45, 2.75) is 9.79 Å². The van der Waals surface area contributed by atoms with E-state index in [1.807, 2.05) is 12.1 Å². The Bertz CT molecular complexity index is 757. The summed E-state index contributed by atoms with van der Waals surface area (Å²) in [7, 11) is 0. The van der Waals surface area contributed by atoms with Crippen molar-refractivity contribution in [2.75, 3.05) is 0 Å². The first-order chi connectivity index (χ1) is 9.63. The number of carbonyl (C=O) groups is 1. The predicted octanol–water partition coefficient (Wildman–Crippen LogP) is 3.28. The summed E-state index contributed by atoms with van der Waals surface area (Å²) in [4.78, 5) is 12.4. The minimum absolute atomic E-state index is 0.212. The third kappa shape index (κ3) is 2.97. The maximum absolute atomic E-state index is 10.9. The van der Waals surface area contributed by atoms with E-state index in [4.69, 9.17) is 15.6 Å². The average Bonchev–Trinajstić information content (AvgIpc) is 2.47. The number of nitriles is 2. The largest absolute Gasteiger partial charge is 0.478 e. The second-order valence-corrected chi connectivity index (χ2v) is 5.01. The van der Waals surface area contributed by atoms with Gasteiger partial charge in [-0.05, 0) is 36.4 Å². The summed E-state index contributed by atoms with van der Waals surface area (Å²) in [6, 6.07) is 15.4. The molecule has 0 fully saturated rings. The molecule has 0 aliphatic heterocycles. The molecule has 0 saturated heterocycles. The molecule has 1 N–H and O–H groups in total. The van der Waals surface area contributed by atoms with E-state index >= 15 is 0 Å². The fourth-order valence-corrected chi connectivity index (χ4v) is 2.52. The summed E-state index contributed by atoms with van der Waals surface area (Å²) in [6.07, 6.45) is 0. The van der Waals surface area contributed by atoms with Crippen LogP contribution >= 0.6 is 11.8 Å². The van der Waals surface area contributed by atoms with E-state index in [1.165, 1.54) is 17.8 Å². The normalized spacial score (nSPS) is 9.50. The van der Waals surface area contributed by atoms with Crippen LogP contribution in [-0.2, 0) is 0 Å². The number of benzene rings is 2. The fraction of sp³-hybridized carbons (Fsp3) is 0. The van der Waals surface area contributed by atoms with Crippen LogP contribution < -0.4 is 0 Å². The molecule has 4 nitrogen and oxygen atoms in total. The van der Waals surface area contributed by atoms with Gasteiger partial charge in [0.05, 0.1) is 16.7 Å². The quantitative estimate of drug-likeness (QED) is 0.932. The smallest absolute Gasteiger partial charge is 0.335 e. The molecule has 96 valence electrons. The lowest BCUT2D eigenvalue weighted by molar-refractivity contribution is 0.0696. The van der Waals surface area contributed by atoms with Gasteiger partial charge in [0.15, 0.2) is 0 Å². The molecule has 2 rings (SSSR count). The van der Waals surface area contributed by atoms with Crippen molar-refractivity contribution in [2.24, 2.45) is 0 Å². The van der Waals surface area contributed by atoms with Crippen LogP contribution in [0.2, 0.25) is 0 Å². The lowest BCUT2D eigenvalue weighted by Crippen LogP contribution is -1.95. The molecule has 2 aromatic rings. The number of aromatic carboxylic acids is 1. The second kappa shape index (κ2) is 5.92. The van der Waals surface area contributed by atoms with Gasteiger partial charge >= 0.3 is 5.97 Å². The second-order valence-electron chi connectivity index (χ2n) is 3.87. The van der Waals surface area contributed by atoms with Crippen molar-refractivity contribution in [3.63, 3.8) is 0 Å². The maximum Gasteiger partial charge on any atom is 0.335 e. The number of hydrogen-bond donors (Lipinski definition) is 1. The number of carboxylic acids is 1. The van der Waals surface area contributed by atoms with Crippen molar-refractivity contribution in [3.05, 3.63) is 59.2 Å². The Morgan fingerprint density at radius 3 is 2.35 bits per heavy atom. The molecule has 0 aromatic heterocycles. The highest BCUT2D eigenvalue weighted by atomic mass is 32.2.